The summed E-state index contributed by atoms with van der Waals surface area (Å²) >= 11 is 0. The standard InChI is InChI=1S/C26H52N8O5/c1-26(2,3)16-5-7-17(8-6-16)32-25(38)28-9-4-10-33(11-12-35)13-18-20(36)21(37)24(39-18)34-15-31-19-22(27)29-14-30-23(19)34/h16-24,29-31,35-37H,4-15,27H2,1-3H3,(H2,28,32,38)/t16?,17?,18-,19?,20-,21-,22?,23?,24-/m1/s1. The van der Waals surface area contributed by atoms with Crippen molar-refractivity contribution < 1.29 is 24.9 Å². The molecule has 0 spiro atoms. The maximum atomic E-state index is 12.4. The fourth-order valence-electron chi connectivity index (χ4n) is 6.54. The van der Waals surface area contributed by atoms with Crippen LogP contribution in [-0.4, -0.2) is 126 Å². The maximum absolute atomic E-state index is 12.4. The highest BCUT2D eigenvalue weighted by atomic mass is 16.6. The molecule has 0 aromatic carbocycles. The molecule has 3 saturated heterocycles. The van der Waals surface area contributed by atoms with E-state index in [-0.39, 0.29) is 37.1 Å². The van der Waals surface area contributed by atoms with E-state index in [2.05, 4.69) is 47.4 Å². The Morgan fingerprint density at radius 3 is 2.54 bits per heavy atom. The molecule has 0 radical (unpaired) electrons. The van der Waals surface area contributed by atoms with Crippen molar-refractivity contribution in [3.8, 4) is 0 Å². The van der Waals surface area contributed by atoms with Crippen LogP contribution in [0.2, 0.25) is 0 Å². The van der Waals surface area contributed by atoms with Crippen LogP contribution in [0.15, 0.2) is 0 Å². The zero-order valence-electron chi connectivity index (χ0n) is 23.8. The molecule has 3 aliphatic heterocycles. The molecule has 0 bridgehead atoms. The van der Waals surface area contributed by atoms with Crippen LogP contribution in [0.5, 0.6) is 0 Å². The molecular weight excluding hydrogens is 504 g/mol. The molecule has 1 saturated carbocycles. The smallest absolute Gasteiger partial charge is 0.315 e. The summed E-state index contributed by atoms with van der Waals surface area (Å²) in [5.41, 5.74) is 6.48. The Bertz CT molecular complexity index is 780. The number of rotatable bonds is 10. The Balaban J connectivity index is 1.18. The minimum atomic E-state index is -1.07. The van der Waals surface area contributed by atoms with Gasteiger partial charge in [-0.1, -0.05) is 20.8 Å². The topological polar surface area (TPSA) is 180 Å². The summed E-state index contributed by atoms with van der Waals surface area (Å²) in [7, 11) is 0. The zero-order chi connectivity index (χ0) is 28.2. The number of carbonyl (C=O) groups is 1. The Kier molecular flexibility index (Phi) is 10.8. The Morgan fingerprint density at radius 1 is 1.10 bits per heavy atom. The van der Waals surface area contributed by atoms with Crippen molar-refractivity contribution in [3.05, 3.63) is 0 Å². The third-order valence-electron chi connectivity index (χ3n) is 8.99. The van der Waals surface area contributed by atoms with E-state index >= 15 is 0 Å². The fraction of sp³-hybridized carbons (Fsp3) is 0.962. The first-order valence-corrected chi connectivity index (χ1v) is 14.7. The van der Waals surface area contributed by atoms with Crippen molar-refractivity contribution in [2.75, 3.05) is 46.1 Å². The number of nitrogens with zero attached hydrogens (tertiary/aromatic N) is 2. The summed E-state index contributed by atoms with van der Waals surface area (Å²) in [4.78, 5) is 16.4. The number of aliphatic hydroxyl groups excluding tert-OH is 3. The van der Waals surface area contributed by atoms with E-state index in [4.69, 9.17) is 10.5 Å². The summed E-state index contributed by atoms with van der Waals surface area (Å²) in [6, 6.07) is 0.0545. The van der Waals surface area contributed by atoms with Gasteiger partial charge in [0.05, 0.1) is 31.6 Å². The van der Waals surface area contributed by atoms with E-state index in [1.54, 1.807) is 0 Å². The second kappa shape index (κ2) is 13.7. The molecular formula is C26H52N8O5. The highest BCUT2D eigenvalue weighted by Crippen LogP contribution is 2.37. The van der Waals surface area contributed by atoms with Gasteiger partial charge in [-0.05, 0) is 43.4 Å². The summed E-state index contributed by atoms with van der Waals surface area (Å²) in [6.45, 7) is 9.76. The predicted octanol–water partition coefficient (Wildman–Crippen LogP) is -1.99. The number of nitrogens with two attached hydrogens (primary N) is 1. The molecule has 13 heteroatoms. The molecule has 2 amide bonds. The van der Waals surface area contributed by atoms with Gasteiger partial charge in [0.15, 0.2) is 0 Å². The number of nitrogens with one attached hydrogen (secondary N) is 5. The maximum Gasteiger partial charge on any atom is 0.315 e. The molecule has 1 aliphatic carbocycles. The van der Waals surface area contributed by atoms with Gasteiger partial charge in [-0.2, -0.15) is 0 Å². The Hall–Kier alpha value is -1.13. The van der Waals surface area contributed by atoms with E-state index in [0.29, 0.717) is 57.3 Å². The Labute approximate surface area is 232 Å². The molecule has 3 unspecified atom stereocenters. The second-order valence-corrected chi connectivity index (χ2v) is 12.7. The van der Waals surface area contributed by atoms with E-state index < -0.39 is 24.5 Å². The number of urea groups is 1. The minimum Gasteiger partial charge on any atom is -0.395 e. The highest BCUT2D eigenvalue weighted by molar-refractivity contribution is 5.74. The third kappa shape index (κ3) is 7.79. The van der Waals surface area contributed by atoms with Crippen molar-refractivity contribution in [2.45, 2.75) is 102 Å². The van der Waals surface area contributed by atoms with Crippen LogP contribution in [0, 0.1) is 11.3 Å². The SMILES string of the molecule is CC(C)(C)C1CCC(NC(=O)NCCCN(CCO)C[C@H]2O[C@@H](N3CNC4C(N)NCNC43)[C@H](O)[C@@H]2O)CC1. The van der Waals surface area contributed by atoms with Gasteiger partial charge in [-0.15, -0.1) is 0 Å². The minimum absolute atomic E-state index is 0.0332. The molecule has 3 heterocycles. The summed E-state index contributed by atoms with van der Waals surface area (Å²) < 4.78 is 6.17. The van der Waals surface area contributed by atoms with Gasteiger partial charge < -0.3 is 36.4 Å². The van der Waals surface area contributed by atoms with Crippen LogP contribution in [0.3, 0.4) is 0 Å². The first kappa shape index (κ1) is 30.8. The van der Waals surface area contributed by atoms with Gasteiger partial charge in [0.2, 0.25) is 0 Å². The molecule has 13 nitrogen and oxygen atoms in total. The van der Waals surface area contributed by atoms with E-state index in [9.17, 15) is 20.1 Å². The predicted molar refractivity (Wildman–Crippen MR) is 147 cm³/mol. The van der Waals surface area contributed by atoms with Crippen LogP contribution in [-0.2, 0) is 4.74 Å². The molecule has 7 atom stereocenters. The molecule has 226 valence electrons. The van der Waals surface area contributed by atoms with E-state index in [1.165, 1.54) is 0 Å². The number of ether oxygens (including phenoxy) is 1. The van der Waals surface area contributed by atoms with Crippen molar-refractivity contribution in [1.82, 2.24) is 36.4 Å². The first-order valence-electron chi connectivity index (χ1n) is 14.7. The van der Waals surface area contributed by atoms with Gasteiger partial charge in [-0.25, -0.2) is 9.69 Å². The van der Waals surface area contributed by atoms with Crippen LogP contribution < -0.4 is 32.3 Å². The fourth-order valence-corrected chi connectivity index (χ4v) is 6.54. The van der Waals surface area contributed by atoms with Crippen LogP contribution in [0.25, 0.3) is 0 Å². The van der Waals surface area contributed by atoms with Crippen LogP contribution in [0.4, 0.5) is 4.79 Å². The lowest BCUT2D eigenvalue weighted by Gasteiger charge is -2.38. The quantitative estimate of drug-likeness (QED) is 0.136. The highest BCUT2D eigenvalue weighted by Gasteiger charge is 2.51. The number of hydrogen-bond donors (Lipinski definition) is 9. The number of carbonyl (C=O) groups excluding carboxylic acids is 1. The van der Waals surface area contributed by atoms with E-state index in [0.717, 1.165) is 25.7 Å². The van der Waals surface area contributed by atoms with Crippen molar-refractivity contribution in [3.63, 3.8) is 0 Å². The van der Waals surface area contributed by atoms with Crippen molar-refractivity contribution in [2.24, 2.45) is 17.1 Å². The van der Waals surface area contributed by atoms with Crippen molar-refractivity contribution in [1.29, 1.82) is 0 Å². The molecule has 4 rings (SSSR count). The lowest BCUT2D eigenvalue weighted by atomic mass is 9.71. The average molecular weight is 557 g/mol. The van der Waals surface area contributed by atoms with Crippen molar-refractivity contribution >= 4 is 6.03 Å². The molecule has 0 aromatic rings. The third-order valence-corrected chi connectivity index (χ3v) is 8.99. The number of amides is 2. The number of aliphatic hydroxyl groups is 3. The molecule has 4 fully saturated rings. The summed E-state index contributed by atoms with van der Waals surface area (Å²) in [5, 5.41) is 47.1. The first-order chi connectivity index (χ1) is 18.6. The number of fused-ring (bicyclic) bond motifs is 1. The van der Waals surface area contributed by atoms with Crippen LogP contribution in [0.1, 0.15) is 52.9 Å². The lowest BCUT2D eigenvalue weighted by molar-refractivity contribution is -0.107. The van der Waals surface area contributed by atoms with Gasteiger partial charge in [-0.3, -0.25) is 20.9 Å². The second-order valence-electron chi connectivity index (χ2n) is 12.7. The van der Waals surface area contributed by atoms with Gasteiger partial charge in [0.1, 0.15) is 24.5 Å². The van der Waals surface area contributed by atoms with Crippen LogP contribution >= 0.6 is 0 Å². The van der Waals surface area contributed by atoms with Gasteiger partial charge >= 0.3 is 6.03 Å². The number of hydrogen-bond acceptors (Lipinski definition) is 11. The van der Waals surface area contributed by atoms with Gasteiger partial charge in [0, 0.05) is 38.9 Å². The van der Waals surface area contributed by atoms with E-state index in [1.807, 2.05) is 9.80 Å². The average Bonchev–Trinajstić information content (AvgIpc) is 3.44. The van der Waals surface area contributed by atoms with Gasteiger partial charge in [0.25, 0.3) is 0 Å². The Morgan fingerprint density at radius 2 is 1.85 bits per heavy atom. The molecule has 0 aromatic heterocycles. The summed E-state index contributed by atoms with van der Waals surface area (Å²) in [6.07, 6.45) is 1.27. The molecule has 10 N–H and O–H groups in total. The monoisotopic (exact) mass is 556 g/mol. The zero-order valence-corrected chi connectivity index (χ0v) is 23.8. The largest absolute Gasteiger partial charge is 0.395 e. The molecule has 4 aliphatic rings. The summed E-state index contributed by atoms with van der Waals surface area (Å²) in [5.74, 6) is 0.707. The lowest BCUT2D eigenvalue weighted by Crippen LogP contribution is -2.68. The molecule has 39 heavy (non-hydrogen) atoms. The normalized spacial score (nSPS) is 37.7.